The van der Waals surface area contributed by atoms with Gasteiger partial charge in [-0.05, 0) is 42.8 Å². The Morgan fingerprint density at radius 3 is 2.23 bits per heavy atom. The van der Waals surface area contributed by atoms with Crippen molar-refractivity contribution in [1.82, 2.24) is 4.57 Å². The van der Waals surface area contributed by atoms with Crippen LogP contribution in [0.25, 0.3) is 17.3 Å². The summed E-state index contributed by atoms with van der Waals surface area (Å²) in [7, 11) is 0. The maximum Gasteiger partial charge on any atom is 0.273 e. The number of benzene rings is 2. The lowest BCUT2D eigenvalue weighted by molar-refractivity contribution is -0.120. The maximum atomic E-state index is 13.4. The molecule has 0 bridgehead atoms. The normalized spacial score (nSPS) is 13.1. The van der Waals surface area contributed by atoms with E-state index in [4.69, 9.17) is 0 Å². The van der Waals surface area contributed by atoms with Crippen LogP contribution in [-0.4, -0.2) is 10.4 Å². The Bertz CT molecular complexity index is 1320. The number of halogens is 1. The van der Waals surface area contributed by atoms with Gasteiger partial charge in [-0.3, -0.25) is 14.2 Å². The maximum absolute atomic E-state index is 13.4. The second kappa shape index (κ2) is 8.21. The molecule has 0 fully saturated rings. The summed E-state index contributed by atoms with van der Waals surface area (Å²) in [6.07, 6.45) is 1.73. The Morgan fingerprint density at radius 1 is 1.10 bits per heavy atom. The summed E-state index contributed by atoms with van der Waals surface area (Å²) in [4.78, 5) is 26.2. The molecule has 0 saturated heterocycles. The van der Waals surface area contributed by atoms with E-state index in [1.54, 1.807) is 26.8 Å². The van der Waals surface area contributed by atoms with Gasteiger partial charge in [0.05, 0.1) is 10.2 Å². The molecule has 0 unspecified atom stereocenters. The molecular formula is C24H21FN2O2S. The summed E-state index contributed by atoms with van der Waals surface area (Å²) in [5.41, 5.74) is 1.08. The van der Waals surface area contributed by atoms with E-state index >= 15 is 0 Å². The molecule has 1 aromatic heterocycles. The minimum absolute atomic E-state index is 0.0857. The largest absolute Gasteiger partial charge is 0.293 e. The molecule has 0 radical (unpaired) electrons. The molecule has 2 aromatic carbocycles. The predicted molar refractivity (Wildman–Crippen MR) is 117 cm³/mol. The van der Waals surface area contributed by atoms with Crippen molar-refractivity contribution in [1.29, 1.82) is 5.26 Å². The summed E-state index contributed by atoms with van der Waals surface area (Å²) in [6.45, 7) is 7.14. The number of carbonyl (C=O) groups is 1. The fraction of sp³-hybridized carbons (Fsp3) is 0.208. The lowest BCUT2D eigenvalue weighted by atomic mass is 9.87. The fourth-order valence-corrected chi connectivity index (χ4v) is 3.96. The third kappa shape index (κ3) is 4.32. The van der Waals surface area contributed by atoms with Crippen LogP contribution in [0.4, 0.5) is 4.39 Å². The van der Waals surface area contributed by atoms with Crippen LogP contribution in [0.1, 0.15) is 31.9 Å². The van der Waals surface area contributed by atoms with Gasteiger partial charge in [-0.2, -0.15) is 5.26 Å². The van der Waals surface area contributed by atoms with Crippen molar-refractivity contribution in [2.45, 2.75) is 27.7 Å². The van der Waals surface area contributed by atoms with Crippen molar-refractivity contribution < 1.29 is 9.18 Å². The molecule has 4 nitrogen and oxygen atoms in total. The van der Waals surface area contributed by atoms with Crippen LogP contribution in [0, 0.1) is 29.5 Å². The van der Waals surface area contributed by atoms with Crippen molar-refractivity contribution in [3.8, 4) is 11.8 Å². The number of aryl methyl sites for hydroxylation is 1. The van der Waals surface area contributed by atoms with Gasteiger partial charge in [-0.25, -0.2) is 4.39 Å². The number of rotatable bonds is 3. The van der Waals surface area contributed by atoms with E-state index in [2.05, 4.69) is 0 Å². The van der Waals surface area contributed by atoms with Crippen LogP contribution in [-0.2, 0) is 4.79 Å². The smallest absolute Gasteiger partial charge is 0.273 e. The number of hydrogen-bond donors (Lipinski definition) is 0. The Balaban J connectivity index is 2.41. The van der Waals surface area contributed by atoms with Gasteiger partial charge in [-0.15, -0.1) is 11.3 Å². The second-order valence-electron chi connectivity index (χ2n) is 8.01. The van der Waals surface area contributed by atoms with Crippen molar-refractivity contribution in [3.05, 3.63) is 85.0 Å². The number of nitrogens with zero attached hydrogens (tertiary/aromatic N) is 2. The van der Waals surface area contributed by atoms with Crippen LogP contribution in [0.15, 0.2) is 53.3 Å². The average Bonchev–Trinajstić information content (AvgIpc) is 3.00. The molecular weight excluding hydrogens is 399 g/mol. The van der Waals surface area contributed by atoms with Crippen molar-refractivity contribution >= 4 is 28.8 Å². The number of ketones is 1. The van der Waals surface area contributed by atoms with E-state index < -0.39 is 11.2 Å². The van der Waals surface area contributed by atoms with Gasteiger partial charge < -0.3 is 0 Å². The highest BCUT2D eigenvalue weighted by Gasteiger charge is 2.27. The van der Waals surface area contributed by atoms with E-state index in [1.165, 1.54) is 28.8 Å². The number of Topliss-reactive ketones (excluding diaryl/α,β-unsaturated/α-hetero) is 1. The minimum atomic E-state index is -0.792. The highest BCUT2D eigenvalue weighted by molar-refractivity contribution is 7.07. The highest BCUT2D eigenvalue weighted by Crippen LogP contribution is 2.20. The third-order valence-electron chi connectivity index (χ3n) is 4.52. The molecule has 0 N–H and O–H groups in total. The molecule has 1 heterocycles. The molecule has 3 rings (SSSR count). The first-order valence-corrected chi connectivity index (χ1v) is 10.2. The van der Waals surface area contributed by atoms with Crippen molar-refractivity contribution in [2.24, 2.45) is 5.41 Å². The van der Waals surface area contributed by atoms with E-state index in [1.807, 2.05) is 37.3 Å². The summed E-state index contributed by atoms with van der Waals surface area (Å²) < 4.78 is 15.4. The van der Waals surface area contributed by atoms with E-state index in [9.17, 15) is 19.2 Å². The van der Waals surface area contributed by atoms with Gasteiger partial charge in [0.1, 0.15) is 22.1 Å². The minimum Gasteiger partial charge on any atom is -0.293 e. The Labute approximate surface area is 177 Å². The van der Waals surface area contributed by atoms with Gasteiger partial charge in [0.15, 0.2) is 5.78 Å². The molecule has 0 aliphatic carbocycles. The Kier molecular flexibility index (Phi) is 5.86. The van der Waals surface area contributed by atoms with E-state index in [0.29, 0.717) is 10.2 Å². The van der Waals surface area contributed by atoms with Crippen LogP contribution >= 0.6 is 11.3 Å². The lowest BCUT2D eigenvalue weighted by Gasteiger charge is -2.15. The van der Waals surface area contributed by atoms with E-state index in [0.717, 1.165) is 22.5 Å². The summed E-state index contributed by atoms with van der Waals surface area (Å²) in [5, 5.41) is 9.76. The molecule has 30 heavy (non-hydrogen) atoms. The standard InChI is InChI=1S/C24H21FN2O2S/c1-15-5-7-16(8-6-15)13-20-22(29)27(18-11-9-17(25)10-12-18)23(30-20)19(14-26)21(28)24(2,3)4/h5-13H,1-4H3/b20-13-,23-19-. The van der Waals surface area contributed by atoms with Gasteiger partial charge in [0, 0.05) is 5.41 Å². The number of thiazole rings is 1. The number of aromatic nitrogens is 1. The zero-order valence-electron chi connectivity index (χ0n) is 17.2. The van der Waals surface area contributed by atoms with Crippen LogP contribution in [0.5, 0.6) is 0 Å². The van der Waals surface area contributed by atoms with Crippen LogP contribution < -0.4 is 14.8 Å². The first-order valence-electron chi connectivity index (χ1n) is 9.37. The lowest BCUT2D eigenvalue weighted by Crippen LogP contribution is -2.33. The third-order valence-corrected chi connectivity index (χ3v) is 5.61. The first-order chi connectivity index (χ1) is 14.1. The average molecular weight is 421 g/mol. The number of hydrogen-bond acceptors (Lipinski definition) is 4. The summed E-state index contributed by atoms with van der Waals surface area (Å²) in [6, 6.07) is 15.1. The Morgan fingerprint density at radius 2 is 1.70 bits per heavy atom. The monoisotopic (exact) mass is 420 g/mol. The molecule has 6 heteroatoms. The summed E-state index contributed by atoms with van der Waals surface area (Å²) >= 11 is 1.08. The summed E-state index contributed by atoms with van der Waals surface area (Å²) in [5.74, 6) is -0.797. The number of carbonyl (C=O) groups excluding carboxylic acids is 1. The molecule has 0 aliphatic rings. The zero-order valence-corrected chi connectivity index (χ0v) is 18.0. The van der Waals surface area contributed by atoms with Gasteiger partial charge in [0.25, 0.3) is 5.56 Å². The topological polar surface area (TPSA) is 62.9 Å². The molecule has 0 amide bonds. The van der Waals surface area contributed by atoms with Crippen molar-refractivity contribution in [3.63, 3.8) is 0 Å². The Hall–Kier alpha value is -3.30. The van der Waals surface area contributed by atoms with Gasteiger partial charge in [-0.1, -0.05) is 50.6 Å². The van der Waals surface area contributed by atoms with Gasteiger partial charge in [0.2, 0.25) is 0 Å². The first kappa shape index (κ1) is 21.4. The molecule has 0 spiro atoms. The molecule has 0 saturated carbocycles. The van der Waals surface area contributed by atoms with Crippen molar-refractivity contribution in [2.75, 3.05) is 0 Å². The van der Waals surface area contributed by atoms with Gasteiger partial charge >= 0.3 is 0 Å². The molecule has 0 aliphatic heterocycles. The van der Waals surface area contributed by atoms with E-state index in [-0.39, 0.29) is 21.6 Å². The SMILES string of the molecule is Cc1ccc(/C=c2\s/c(=C(/C#N)C(=O)C(C)(C)C)n(-c3ccc(F)cc3)c2=O)cc1. The number of nitriles is 1. The predicted octanol–water partition coefficient (Wildman–Crippen LogP) is 3.46. The molecule has 3 aromatic rings. The van der Waals surface area contributed by atoms with Crippen LogP contribution in [0.2, 0.25) is 0 Å². The molecule has 152 valence electrons. The van der Waals surface area contributed by atoms with Crippen LogP contribution in [0.3, 0.4) is 0 Å². The highest BCUT2D eigenvalue weighted by atomic mass is 32.1. The zero-order chi connectivity index (χ0) is 22.1. The molecule has 0 atom stereocenters. The quantitative estimate of drug-likeness (QED) is 0.652. The fourth-order valence-electron chi connectivity index (χ4n) is 2.86. The second-order valence-corrected chi connectivity index (χ2v) is 9.04.